The molecular weight excluding hydrogens is 299 g/mol. The largest absolute Gasteiger partial charge is 0.433 e. The van der Waals surface area contributed by atoms with Crippen molar-refractivity contribution in [2.45, 2.75) is 25.1 Å². The molecule has 0 unspecified atom stereocenters. The molecule has 0 spiro atoms. The molecule has 0 aromatic carbocycles. The molecule has 1 saturated carbocycles. The Morgan fingerprint density at radius 2 is 2.12 bits per heavy atom. The molecule has 1 aromatic heterocycles. The maximum Gasteiger partial charge on any atom is 0.433 e. The van der Waals surface area contributed by atoms with E-state index < -0.39 is 11.9 Å². The van der Waals surface area contributed by atoms with E-state index in [0.717, 1.165) is 25.1 Å². The lowest BCUT2D eigenvalue weighted by molar-refractivity contribution is -0.141. The highest BCUT2D eigenvalue weighted by atomic mass is 79.9. The smallest absolute Gasteiger partial charge is 0.337 e. The first kappa shape index (κ1) is 12.6. The Morgan fingerprint density at radius 1 is 1.41 bits per heavy atom. The summed E-state index contributed by atoms with van der Waals surface area (Å²) in [6.45, 7) is 0.617. The van der Waals surface area contributed by atoms with Crippen LogP contribution in [0.25, 0.3) is 0 Å². The van der Waals surface area contributed by atoms with Crippen LogP contribution in [0.3, 0.4) is 0 Å². The van der Waals surface area contributed by atoms with E-state index in [-0.39, 0.29) is 12.0 Å². The molecule has 1 heterocycles. The Kier molecular flexibility index (Phi) is 3.56. The minimum absolute atomic E-state index is 0.168. The molecule has 0 saturated heterocycles. The van der Waals surface area contributed by atoms with Gasteiger partial charge in [-0.1, -0.05) is 15.9 Å². The monoisotopic (exact) mass is 309 g/mol. The molecule has 7 heteroatoms. The first-order valence-corrected chi connectivity index (χ1v) is 6.37. The van der Waals surface area contributed by atoms with Crippen LogP contribution in [0.4, 0.5) is 19.1 Å². The summed E-state index contributed by atoms with van der Waals surface area (Å²) in [5.74, 6) is 0.168. The normalized spacial score (nSPS) is 16.0. The van der Waals surface area contributed by atoms with E-state index in [1.807, 2.05) is 4.90 Å². The lowest BCUT2D eigenvalue weighted by Crippen LogP contribution is -2.30. The van der Waals surface area contributed by atoms with E-state index in [1.165, 1.54) is 0 Å². The van der Waals surface area contributed by atoms with Crippen LogP contribution in [0.15, 0.2) is 12.3 Å². The number of hydrogen-bond donors (Lipinski definition) is 0. The average molecular weight is 310 g/mol. The van der Waals surface area contributed by atoms with E-state index in [9.17, 15) is 13.2 Å². The zero-order valence-electron chi connectivity index (χ0n) is 8.91. The highest BCUT2D eigenvalue weighted by Crippen LogP contribution is 2.32. The van der Waals surface area contributed by atoms with Crippen molar-refractivity contribution in [3.05, 3.63) is 18.0 Å². The van der Waals surface area contributed by atoms with Crippen LogP contribution in [0.2, 0.25) is 0 Å². The summed E-state index contributed by atoms with van der Waals surface area (Å²) in [6.07, 6.45) is -1.27. The fourth-order valence-corrected chi connectivity index (χ4v) is 1.95. The van der Waals surface area contributed by atoms with Crippen LogP contribution in [0.5, 0.6) is 0 Å². The number of nitrogens with zero attached hydrogens (tertiary/aromatic N) is 3. The van der Waals surface area contributed by atoms with Crippen molar-refractivity contribution in [1.29, 1.82) is 0 Å². The summed E-state index contributed by atoms with van der Waals surface area (Å²) in [5, 5.41) is 0.684. The molecule has 3 nitrogen and oxygen atoms in total. The maximum absolute atomic E-state index is 12.5. The average Bonchev–Trinajstić information content (AvgIpc) is 3.09. The van der Waals surface area contributed by atoms with Crippen molar-refractivity contribution >= 4 is 21.9 Å². The first-order chi connectivity index (χ1) is 8.02. The van der Waals surface area contributed by atoms with Gasteiger partial charge in [-0.25, -0.2) is 9.97 Å². The van der Waals surface area contributed by atoms with E-state index >= 15 is 0 Å². The number of anilines is 1. The number of hydrogen-bond acceptors (Lipinski definition) is 3. The minimum atomic E-state index is -4.42. The Hall–Kier alpha value is -0.850. The van der Waals surface area contributed by atoms with Crippen LogP contribution in [0.1, 0.15) is 18.5 Å². The molecule has 1 aliphatic carbocycles. The molecule has 17 heavy (non-hydrogen) atoms. The van der Waals surface area contributed by atoms with E-state index in [2.05, 4.69) is 25.9 Å². The topological polar surface area (TPSA) is 29.0 Å². The SMILES string of the molecule is FC(F)(F)c1ccnc(N(CCBr)C2CC2)n1. The molecule has 2 rings (SSSR count). The standard InChI is InChI=1S/C10H11BrF3N3/c11-4-6-17(7-1-2-7)9-15-5-3-8(16-9)10(12,13)14/h3,5,7H,1-2,4,6H2. The lowest BCUT2D eigenvalue weighted by Gasteiger charge is -2.21. The molecule has 0 N–H and O–H groups in total. The molecule has 0 atom stereocenters. The Labute approximate surface area is 105 Å². The van der Waals surface area contributed by atoms with Crippen molar-refractivity contribution in [1.82, 2.24) is 9.97 Å². The summed E-state index contributed by atoms with van der Waals surface area (Å²) >= 11 is 3.28. The second-order valence-corrected chi connectivity index (χ2v) is 4.65. The zero-order valence-corrected chi connectivity index (χ0v) is 10.5. The molecule has 1 aromatic rings. The van der Waals surface area contributed by atoms with Gasteiger partial charge in [-0.05, 0) is 18.9 Å². The maximum atomic E-state index is 12.5. The first-order valence-electron chi connectivity index (χ1n) is 5.25. The van der Waals surface area contributed by atoms with Crippen LogP contribution < -0.4 is 4.90 Å². The van der Waals surface area contributed by atoms with Crippen molar-refractivity contribution in [3.63, 3.8) is 0 Å². The van der Waals surface area contributed by atoms with Crippen molar-refractivity contribution in [3.8, 4) is 0 Å². The van der Waals surface area contributed by atoms with Gasteiger partial charge in [-0.3, -0.25) is 0 Å². The quantitative estimate of drug-likeness (QED) is 0.801. The van der Waals surface area contributed by atoms with Gasteiger partial charge in [0.1, 0.15) is 5.69 Å². The predicted molar refractivity (Wildman–Crippen MR) is 61.2 cm³/mol. The fraction of sp³-hybridized carbons (Fsp3) is 0.600. The zero-order chi connectivity index (χ0) is 12.5. The van der Waals surface area contributed by atoms with Gasteiger partial charge in [0, 0.05) is 24.1 Å². The molecule has 0 aliphatic heterocycles. The third kappa shape index (κ3) is 3.08. The van der Waals surface area contributed by atoms with Gasteiger partial charge in [-0.15, -0.1) is 0 Å². The Morgan fingerprint density at radius 3 is 2.65 bits per heavy atom. The third-order valence-electron chi connectivity index (χ3n) is 2.50. The van der Waals surface area contributed by atoms with E-state index in [4.69, 9.17) is 0 Å². The molecule has 94 valence electrons. The van der Waals surface area contributed by atoms with Crippen LogP contribution >= 0.6 is 15.9 Å². The number of halogens is 4. The number of alkyl halides is 4. The van der Waals surface area contributed by atoms with Crippen molar-refractivity contribution in [2.75, 3.05) is 16.8 Å². The molecule has 1 fully saturated rings. The predicted octanol–water partition coefficient (Wildman–Crippen LogP) is 2.86. The molecule has 1 aliphatic rings. The van der Waals surface area contributed by atoms with Gasteiger partial charge in [0.25, 0.3) is 0 Å². The van der Waals surface area contributed by atoms with Gasteiger partial charge in [0.15, 0.2) is 0 Å². The summed E-state index contributed by atoms with van der Waals surface area (Å²) in [4.78, 5) is 9.34. The Bertz CT molecular complexity index is 393. The molecule has 0 amide bonds. The number of rotatable bonds is 4. The van der Waals surface area contributed by atoms with Gasteiger partial charge >= 0.3 is 6.18 Å². The van der Waals surface area contributed by atoms with Crippen molar-refractivity contribution in [2.24, 2.45) is 0 Å². The van der Waals surface area contributed by atoms with Gasteiger partial charge in [0.2, 0.25) is 5.95 Å². The van der Waals surface area contributed by atoms with Crippen molar-refractivity contribution < 1.29 is 13.2 Å². The lowest BCUT2D eigenvalue weighted by atomic mass is 10.4. The summed E-state index contributed by atoms with van der Waals surface area (Å²) < 4.78 is 37.5. The Balaban J connectivity index is 2.24. The van der Waals surface area contributed by atoms with Gasteiger partial charge < -0.3 is 4.90 Å². The van der Waals surface area contributed by atoms with Gasteiger partial charge in [-0.2, -0.15) is 13.2 Å². The second kappa shape index (κ2) is 4.80. The summed E-state index contributed by atoms with van der Waals surface area (Å²) in [7, 11) is 0. The second-order valence-electron chi connectivity index (χ2n) is 3.85. The highest BCUT2D eigenvalue weighted by Gasteiger charge is 2.35. The fourth-order valence-electron chi connectivity index (χ4n) is 1.57. The van der Waals surface area contributed by atoms with Gasteiger partial charge in [0.05, 0.1) is 0 Å². The molecule has 0 radical (unpaired) electrons. The molecule has 0 bridgehead atoms. The van der Waals surface area contributed by atoms with Crippen LogP contribution in [-0.2, 0) is 6.18 Å². The third-order valence-corrected chi connectivity index (χ3v) is 2.86. The number of aromatic nitrogens is 2. The molecular formula is C10H11BrF3N3. The summed E-state index contributed by atoms with van der Waals surface area (Å²) in [6, 6.07) is 1.18. The van der Waals surface area contributed by atoms with E-state index in [1.54, 1.807) is 0 Å². The summed E-state index contributed by atoms with van der Waals surface area (Å²) in [5.41, 5.74) is -0.886. The van der Waals surface area contributed by atoms with Crippen LogP contribution in [-0.4, -0.2) is 27.9 Å². The van der Waals surface area contributed by atoms with E-state index in [0.29, 0.717) is 11.9 Å². The minimum Gasteiger partial charge on any atom is -0.337 e. The highest BCUT2D eigenvalue weighted by molar-refractivity contribution is 9.09. The van der Waals surface area contributed by atoms with Crippen LogP contribution in [0, 0.1) is 0 Å².